The SMILES string of the molecule is CC(C)c1cc(C(c2ccccc2)c2ccccc2)c(N(P(c2ccccc2)c2ccccc2)[Si](Cl)(c2ccccc2)c2ccccc2)c(C(c2ccccc2)c2ccccc2)c1. The summed E-state index contributed by atoms with van der Waals surface area (Å²) in [5.41, 5.74) is 9.90. The second-order valence-electron chi connectivity index (χ2n) is 16.4. The highest BCUT2D eigenvalue weighted by molar-refractivity contribution is 7.79. The lowest BCUT2D eigenvalue weighted by atomic mass is 9.77. The third kappa shape index (κ3) is 8.73. The highest BCUT2D eigenvalue weighted by Crippen LogP contribution is 2.55. The largest absolute Gasteiger partial charge is 0.349 e. The second kappa shape index (κ2) is 19.4. The molecule has 0 aliphatic rings. The molecule has 308 valence electrons. The lowest BCUT2D eigenvalue weighted by molar-refractivity contribution is 0.846. The minimum atomic E-state index is -3.57. The van der Waals surface area contributed by atoms with Crippen LogP contribution in [0.4, 0.5) is 5.69 Å². The van der Waals surface area contributed by atoms with Crippen molar-refractivity contribution in [3.63, 3.8) is 0 Å². The van der Waals surface area contributed by atoms with E-state index in [2.05, 4.69) is 273 Å². The van der Waals surface area contributed by atoms with Crippen molar-refractivity contribution in [3.05, 3.63) is 294 Å². The van der Waals surface area contributed by atoms with E-state index in [0.29, 0.717) is 0 Å². The molecule has 0 atom stereocenters. The van der Waals surface area contributed by atoms with Crippen LogP contribution < -0.4 is 25.3 Å². The Morgan fingerprint density at radius 2 is 0.635 bits per heavy atom. The van der Waals surface area contributed by atoms with Gasteiger partial charge in [0.2, 0.25) is 0 Å². The van der Waals surface area contributed by atoms with E-state index in [-0.39, 0.29) is 17.8 Å². The van der Waals surface area contributed by atoms with E-state index in [0.717, 1.165) is 10.4 Å². The second-order valence-corrected chi connectivity index (χ2v) is 23.3. The molecule has 9 aromatic carbocycles. The summed E-state index contributed by atoms with van der Waals surface area (Å²) in [6.07, 6.45) is 0. The Hall–Kier alpha value is -6.28. The third-order valence-corrected chi connectivity index (χ3v) is 20.9. The molecule has 0 saturated carbocycles. The molecule has 0 N–H and O–H groups in total. The quantitative estimate of drug-likeness (QED) is 0.0455. The first-order valence-electron chi connectivity index (χ1n) is 21.9. The zero-order chi connectivity index (χ0) is 43.0. The Balaban J connectivity index is 1.54. The van der Waals surface area contributed by atoms with Crippen molar-refractivity contribution >= 4 is 53.4 Å². The van der Waals surface area contributed by atoms with Gasteiger partial charge in [0.15, 0.2) is 0 Å². The average Bonchev–Trinajstić information content (AvgIpc) is 3.36. The van der Waals surface area contributed by atoms with Gasteiger partial charge in [0.05, 0.1) is 0 Å². The van der Waals surface area contributed by atoms with Crippen LogP contribution in [0.3, 0.4) is 0 Å². The summed E-state index contributed by atoms with van der Waals surface area (Å²) in [6, 6.07) is 93.6. The topological polar surface area (TPSA) is 3.24 Å². The molecule has 63 heavy (non-hydrogen) atoms. The first-order valence-corrected chi connectivity index (χ1v) is 26.2. The summed E-state index contributed by atoms with van der Waals surface area (Å²) in [4.78, 5) is 0. The fraction of sp³-hybridized carbons (Fsp3) is 0.0847. The molecule has 4 heteroatoms. The van der Waals surface area contributed by atoms with E-state index >= 15 is 0 Å². The standard InChI is InChI=1S/C59H51ClNPSi/c1-45(2)50-43-55(57(46-27-11-3-12-28-46)47-29-13-4-14-30-47)59(56(44-50)58(48-31-15-5-16-32-48)49-33-17-6-18-34-49)61(62(51-35-19-7-20-36-51)52-37-21-8-22-38-52)63(60,53-39-23-9-24-40-53)54-41-25-10-26-42-54/h3-45,57-58H,1-2H3. The van der Waals surface area contributed by atoms with Gasteiger partial charge in [0, 0.05) is 25.6 Å². The van der Waals surface area contributed by atoms with Crippen molar-refractivity contribution in [2.75, 3.05) is 4.34 Å². The van der Waals surface area contributed by atoms with Gasteiger partial charge in [-0.3, -0.25) is 0 Å². The van der Waals surface area contributed by atoms with Crippen molar-refractivity contribution in [1.82, 2.24) is 0 Å². The van der Waals surface area contributed by atoms with Crippen LogP contribution in [0.15, 0.2) is 255 Å². The number of hydrogen-bond donors (Lipinski definition) is 0. The van der Waals surface area contributed by atoms with Crippen LogP contribution in [-0.4, -0.2) is 7.55 Å². The molecule has 0 heterocycles. The molecule has 0 saturated heterocycles. The zero-order valence-corrected chi connectivity index (χ0v) is 38.4. The van der Waals surface area contributed by atoms with Crippen molar-refractivity contribution in [2.45, 2.75) is 31.6 Å². The van der Waals surface area contributed by atoms with Crippen LogP contribution in [0.2, 0.25) is 0 Å². The van der Waals surface area contributed by atoms with Crippen molar-refractivity contribution < 1.29 is 0 Å². The molecule has 1 nitrogen and oxygen atoms in total. The summed E-state index contributed by atoms with van der Waals surface area (Å²) in [5, 5.41) is 4.74. The number of nitrogens with zero attached hydrogens (tertiary/aromatic N) is 1. The van der Waals surface area contributed by atoms with Crippen LogP contribution in [0.5, 0.6) is 0 Å². The lowest BCUT2D eigenvalue weighted by Crippen LogP contribution is -2.66. The van der Waals surface area contributed by atoms with E-state index in [1.54, 1.807) is 0 Å². The number of halogens is 1. The molecule has 9 rings (SSSR count). The maximum Gasteiger partial charge on any atom is 0.323 e. The van der Waals surface area contributed by atoms with Gasteiger partial charge in [-0.15, -0.1) is 11.1 Å². The van der Waals surface area contributed by atoms with Crippen molar-refractivity contribution in [2.24, 2.45) is 0 Å². The highest BCUT2D eigenvalue weighted by atomic mass is 35.6. The maximum absolute atomic E-state index is 9.11. The lowest BCUT2D eigenvalue weighted by Gasteiger charge is -2.48. The molecule has 9 aromatic rings. The van der Waals surface area contributed by atoms with Gasteiger partial charge >= 0.3 is 7.55 Å². The van der Waals surface area contributed by atoms with Gasteiger partial charge < -0.3 is 4.34 Å². The van der Waals surface area contributed by atoms with Crippen LogP contribution in [0, 0.1) is 0 Å². The number of rotatable bonds is 14. The molecule has 0 aromatic heterocycles. The molecule has 0 radical (unpaired) electrons. The van der Waals surface area contributed by atoms with Crippen LogP contribution >= 0.6 is 19.2 Å². The Kier molecular flexibility index (Phi) is 12.9. The number of hydrogen-bond acceptors (Lipinski definition) is 1. The summed E-state index contributed by atoms with van der Waals surface area (Å²) in [5.74, 6) is -0.00536. The molecule has 0 amide bonds. The van der Waals surface area contributed by atoms with E-state index in [4.69, 9.17) is 11.1 Å². The average molecular weight is 869 g/mol. The van der Waals surface area contributed by atoms with Gasteiger partial charge in [-0.25, -0.2) is 0 Å². The van der Waals surface area contributed by atoms with Gasteiger partial charge in [-0.05, 0) is 65.8 Å². The number of benzene rings is 9. The van der Waals surface area contributed by atoms with E-state index in [1.807, 2.05) is 0 Å². The summed E-state index contributed by atoms with van der Waals surface area (Å²) in [6.45, 7) is 4.66. The van der Waals surface area contributed by atoms with E-state index in [1.165, 1.54) is 55.2 Å². The minimum absolute atomic E-state index is 0.126. The van der Waals surface area contributed by atoms with E-state index < -0.39 is 15.6 Å². The first kappa shape index (κ1) is 42.0. The molecular formula is C59H51ClNPSi. The van der Waals surface area contributed by atoms with Gasteiger partial charge in [0.1, 0.15) is 0 Å². The molecule has 0 bridgehead atoms. The fourth-order valence-electron chi connectivity index (χ4n) is 9.05. The van der Waals surface area contributed by atoms with Gasteiger partial charge in [-0.1, -0.05) is 269 Å². The molecule has 0 unspecified atom stereocenters. The zero-order valence-electron chi connectivity index (χ0n) is 35.8. The Labute approximate surface area is 380 Å². The predicted octanol–water partition coefficient (Wildman–Crippen LogP) is 13.5. The molecule has 0 spiro atoms. The Morgan fingerprint density at radius 1 is 0.365 bits per heavy atom. The predicted molar refractivity (Wildman–Crippen MR) is 273 cm³/mol. The summed E-state index contributed by atoms with van der Waals surface area (Å²) >= 11 is 9.11. The van der Waals surface area contributed by atoms with Crippen molar-refractivity contribution in [1.29, 1.82) is 0 Å². The third-order valence-electron chi connectivity index (χ3n) is 12.0. The van der Waals surface area contributed by atoms with Crippen LogP contribution in [-0.2, 0) is 0 Å². The number of anilines is 1. The van der Waals surface area contributed by atoms with Crippen molar-refractivity contribution in [3.8, 4) is 0 Å². The maximum atomic E-state index is 9.11. The monoisotopic (exact) mass is 867 g/mol. The Morgan fingerprint density at radius 3 is 0.921 bits per heavy atom. The smallest absolute Gasteiger partial charge is 0.323 e. The first-order chi connectivity index (χ1) is 31.0. The molecule has 0 fully saturated rings. The summed E-state index contributed by atoms with van der Waals surface area (Å²) < 4.78 is 2.80. The molecule has 0 aliphatic carbocycles. The normalized spacial score (nSPS) is 11.7. The molecular weight excluding hydrogens is 817 g/mol. The van der Waals surface area contributed by atoms with Crippen LogP contribution in [0.1, 0.15) is 70.5 Å². The summed E-state index contributed by atoms with van der Waals surface area (Å²) in [7, 11) is -4.91. The molecule has 0 aliphatic heterocycles. The van der Waals surface area contributed by atoms with Gasteiger partial charge in [-0.2, -0.15) is 0 Å². The minimum Gasteiger partial charge on any atom is -0.349 e. The van der Waals surface area contributed by atoms with Crippen LogP contribution in [0.25, 0.3) is 0 Å². The highest BCUT2D eigenvalue weighted by Gasteiger charge is 2.50. The fourth-order valence-corrected chi connectivity index (χ4v) is 18.0. The van der Waals surface area contributed by atoms with E-state index in [9.17, 15) is 0 Å². The Bertz CT molecular complexity index is 2550. The van der Waals surface area contributed by atoms with Gasteiger partial charge in [0.25, 0.3) is 0 Å².